The summed E-state index contributed by atoms with van der Waals surface area (Å²) in [7, 11) is 0. The monoisotopic (exact) mass is 157 g/mol. The quantitative estimate of drug-likeness (QED) is 0.713. The van der Waals surface area contributed by atoms with Crippen LogP contribution in [0.2, 0.25) is 0 Å². The van der Waals surface area contributed by atoms with E-state index in [0.29, 0.717) is 6.54 Å². The molecule has 0 fully saturated rings. The Hall–Kier alpha value is -1.06. The van der Waals surface area contributed by atoms with Crippen LogP contribution in [-0.4, -0.2) is 23.0 Å². The second kappa shape index (κ2) is 3.95. The second-order valence-electron chi connectivity index (χ2n) is 2.17. The molecule has 1 N–H and O–H groups in total. The van der Waals surface area contributed by atoms with E-state index in [1.807, 2.05) is 19.2 Å². The van der Waals surface area contributed by atoms with Gasteiger partial charge in [0, 0.05) is 25.4 Å². The summed E-state index contributed by atoms with van der Waals surface area (Å²) in [5.41, 5.74) is 0. The average Bonchev–Trinajstić information content (AvgIpc) is 2.48. The molecule has 0 aliphatic carbocycles. The van der Waals surface area contributed by atoms with Crippen LogP contribution in [0.4, 0.5) is 10.2 Å². The molecule has 0 atom stereocenters. The van der Waals surface area contributed by atoms with E-state index in [0.717, 1.165) is 12.4 Å². The van der Waals surface area contributed by atoms with Gasteiger partial charge in [0.15, 0.2) is 0 Å². The van der Waals surface area contributed by atoms with Gasteiger partial charge in [0.05, 0.1) is 0 Å². The first-order valence-electron chi connectivity index (χ1n) is 3.70. The molecule has 11 heavy (non-hydrogen) atoms. The minimum atomic E-state index is -0.362. The van der Waals surface area contributed by atoms with E-state index >= 15 is 0 Å². The van der Waals surface area contributed by atoms with Crippen molar-refractivity contribution in [1.82, 2.24) is 9.78 Å². The summed E-state index contributed by atoms with van der Waals surface area (Å²) in [6.45, 7) is 2.82. The predicted octanol–water partition coefficient (Wildman–Crippen LogP) is 1.28. The third kappa shape index (κ3) is 2.22. The molecule has 0 aliphatic heterocycles. The summed E-state index contributed by atoms with van der Waals surface area (Å²) < 4.78 is 13.5. The maximum absolute atomic E-state index is 11.7. The highest BCUT2D eigenvalue weighted by atomic mass is 19.1. The summed E-state index contributed by atoms with van der Waals surface area (Å²) in [6.07, 6.45) is 1.86. The standard InChI is InChI=1S/C7H12FN3/c1-2-11-6-3-7(10-11)9-5-4-8/h3,6H,2,4-5H2,1H3,(H,9,10). The smallest absolute Gasteiger partial charge is 0.148 e. The fourth-order valence-corrected chi connectivity index (χ4v) is 0.807. The molecular weight excluding hydrogens is 145 g/mol. The number of aryl methyl sites for hydroxylation is 1. The lowest BCUT2D eigenvalue weighted by Gasteiger charge is -1.96. The van der Waals surface area contributed by atoms with Crippen molar-refractivity contribution in [3.05, 3.63) is 12.3 Å². The van der Waals surface area contributed by atoms with Crippen LogP contribution in [0.1, 0.15) is 6.92 Å². The molecule has 1 rings (SSSR count). The zero-order chi connectivity index (χ0) is 8.10. The molecule has 3 nitrogen and oxygen atoms in total. The van der Waals surface area contributed by atoms with Gasteiger partial charge in [0.1, 0.15) is 12.5 Å². The Morgan fingerprint density at radius 1 is 1.73 bits per heavy atom. The van der Waals surface area contributed by atoms with Gasteiger partial charge in [-0.2, -0.15) is 5.10 Å². The number of rotatable bonds is 4. The average molecular weight is 157 g/mol. The molecule has 0 unspecified atom stereocenters. The normalized spacial score (nSPS) is 10.0. The van der Waals surface area contributed by atoms with E-state index in [9.17, 15) is 4.39 Å². The third-order valence-corrected chi connectivity index (χ3v) is 1.37. The molecule has 0 aromatic carbocycles. The number of halogens is 1. The highest BCUT2D eigenvalue weighted by molar-refractivity contribution is 5.31. The number of hydrogen-bond acceptors (Lipinski definition) is 2. The summed E-state index contributed by atoms with van der Waals surface area (Å²) in [5.74, 6) is 0.740. The van der Waals surface area contributed by atoms with Crippen molar-refractivity contribution >= 4 is 5.82 Å². The number of nitrogens with one attached hydrogen (secondary N) is 1. The van der Waals surface area contributed by atoms with Crippen molar-refractivity contribution in [1.29, 1.82) is 0 Å². The van der Waals surface area contributed by atoms with Crippen LogP contribution in [-0.2, 0) is 6.54 Å². The number of anilines is 1. The van der Waals surface area contributed by atoms with Gasteiger partial charge < -0.3 is 5.32 Å². The molecule has 62 valence electrons. The van der Waals surface area contributed by atoms with Gasteiger partial charge in [0.2, 0.25) is 0 Å². The zero-order valence-electron chi connectivity index (χ0n) is 6.55. The van der Waals surface area contributed by atoms with E-state index in [2.05, 4.69) is 10.4 Å². The van der Waals surface area contributed by atoms with Crippen molar-refractivity contribution in [3.8, 4) is 0 Å². The van der Waals surface area contributed by atoms with E-state index in [1.165, 1.54) is 0 Å². The first-order valence-corrected chi connectivity index (χ1v) is 3.70. The summed E-state index contributed by atoms with van der Waals surface area (Å²) >= 11 is 0. The Balaban J connectivity index is 2.44. The van der Waals surface area contributed by atoms with E-state index in [1.54, 1.807) is 4.68 Å². The van der Waals surface area contributed by atoms with Gasteiger partial charge in [-0.1, -0.05) is 0 Å². The summed E-state index contributed by atoms with van der Waals surface area (Å²) in [6, 6.07) is 1.83. The molecule has 0 radical (unpaired) electrons. The van der Waals surface area contributed by atoms with Crippen molar-refractivity contribution in [2.75, 3.05) is 18.5 Å². The minimum Gasteiger partial charge on any atom is -0.366 e. The molecule has 4 heteroatoms. The highest BCUT2D eigenvalue weighted by Gasteiger charge is 1.94. The molecule has 0 aliphatic rings. The number of aromatic nitrogens is 2. The van der Waals surface area contributed by atoms with Crippen molar-refractivity contribution in [2.45, 2.75) is 13.5 Å². The largest absolute Gasteiger partial charge is 0.366 e. The Morgan fingerprint density at radius 3 is 3.09 bits per heavy atom. The van der Waals surface area contributed by atoms with Crippen LogP contribution in [0, 0.1) is 0 Å². The summed E-state index contributed by atoms with van der Waals surface area (Å²) in [5, 5.41) is 6.95. The van der Waals surface area contributed by atoms with Crippen LogP contribution in [0.3, 0.4) is 0 Å². The maximum Gasteiger partial charge on any atom is 0.148 e. The van der Waals surface area contributed by atoms with Gasteiger partial charge in [0.25, 0.3) is 0 Å². The molecule has 0 bridgehead atoms. The molecule has 0 spiro atoms. The van der Waals surface area contributed by atoms with Crippen LogP contribution in [0.25, 0.3) is 0 Å². The van der Waals surface area contributed by atoms with Gasteiger partial charge in [-0.3, -0.25) is 4.68 Å². The van der Waals surface area contributed by atoms with E-state index in [4.69, 9.17) is 0 Å². The Kier molecular flexibility index (Phi) is 2.89. The third-order valence-electron chi connectivity index (χ3n) is 1.37. The molecule has 0 saturated heterocycles. The first kappa shape index (κ1) is 8.04. The molecule has 1 aromatic heterocycles. The summed E-state index contributed by atoms with van der Waals surface area (Å²) in [4.78, 5) is 0. The number of alkyl halides is 1. The highest BCUT2D eigenvalue weighted by Crippen LogP contribution is 2.00. The Bertz CT molecular complexity index is 209. The lowest BCUT2D eigenvalue weighted by Crippen LogP contribution is -2.04. The van der Waals surface area contributed by atoms with Crippen LogP contribution >= 0.6 is 0 Å². The van der Waals surface area contributed by atoms with E-state index in [-0.39, 0.29) is 6.67 Å². The van der Waals surface area contributed by atoms with Gasteiger partial charge >= 0.3 is 0 Å². The second-order valence-corrected chi connectivity index (χ2v) is 2.17. The molecule has 0 amide bonds. The van der Waals surface area contributed by atoms with Crippen molar-refractivity contribution < 1.29 is 4.39 Å². The molecule has 1 heterocycles. The maximum atomic E-state index is 11.7. The molecule has 0 saturated carbocycles. The van der Waals surface area contributed by atoms with E-state index < -0.39 is 0 Å². The van der Waals surface area contributed by atoms with Gasteiger partial charge in [-0.05, 0) is 6.92 Å². The first-order chi connectivity index (χ1) is 5.36. The molecular formula is C7H12FN3. The lowest BCUT2D eigenvalue weighted by atomic mass is 10.6. The Morgan fingerprint density at radius 2 is 2.55 bits per heavy atom. The zero-order valence-corrected chi connectivity index (χ0v) is 6.55. The van der Waals surface area contributed by atoms with Crippen LogP contribution in [0.5, 0.6) is 0 Å². The van der Waals surface area contributed by atoms with Crippen LogP contribution in [0.15, 0.2) is 12.3 Å². The lowest BCUT2D eigenvalue weighted by molar-refractivity contribution is 0.512. The van der Waals surface area contributed by atoms with Gasteiger partial charge in [-0.25, -0.2) is 4.39 Å². The van der Waals surface area contributed by atoms with Crippen molar-refractivity contribution in [3.63, 3.8) is 0 Å². The fraction of sp³-hybridized carbons (Fsp3) is 0.571. The van der Waals surface area contributed by atoms with Crippen molar-refractivity contribution in [2.24, 2.45) is 0 Å². The van der Waals surface area contributed by atoms with Crippen LogP contribution < -0.4 is 5.32 Å². The number of hydrogen-bond donors (Lipinski definition) is 1. The van der Waals surface area contributed by atoms with Gasteiger partial charge in [-0.15, -0.1) is 0 Å². The topological polar surface area (TPSA) is 29.9 Å². The minimum absolute atomic E-state index is 0.334. The molecule has 1 aromatic rings. The fourth-order valence-electron chi connectivity index (χ4n) is 0.807. The Labute approximate surface area is 65.2 Å². The SMILES string of the molecule is CCn1ccc(NCCF)n1. The number of nitrogens with zero attached hydrogens (tertiary/aromatic N) is 2. The predicted molar refractivity (Wildman–Crippen MR) is 42.4 cm³/mol.